The van der Waals surface area contributed by atoms with E-state index in [4.69, 9.17) is 0 Å². The highest BCUT2D eigenvalue weighted by Crippen LogP contribution is 2.22. The normalized spacial score (nSPS) is 40.8. The summed E-state index contributed by atoms with van der Waals surface area (Å²) in [5.74, 6) is 0. The summed E-state index contributed by atoms with van der Waals surface area (Å²) in [4.78, 5) is 8.31. The predicted molar refractivity (Wildman–Crippen MR) is 33.8 cm³/mol. The second-order valence-electron chi connectivity index (χ2n) is 2.38. The van der Waals surface area contributed by atoms with E-state index in [9.17, 15) is 0 Å². The van der Waals surface area contributed by atoms with Crippen molar-refractivity contribution in [2.45, 2.75) is 25.9 Å². The second kappa shape index (κ2) is 1.02. The quantitative estimate of drug-likeness (QED) is 0.471. The molecule has 0 bridgehead atoms. The lowest BCUT2D eigenvalue weighted by Gasteiger charge is -1.74. The van der Waals surface area contributed by atoms with E-state index in [1.165, 1.54) is 11.4 Å². The highest BCUT2D eigenvalue weighted by molar-refractivity contribution is 6.54. The average Bonchev–Trinajstić information content (AvgIpc) is 2.47. The summed E-state index contributed by atoms with van der Waals surface area (Å²) in [5, 5.41) is 0. The molecule has 2 aliphatic heterocycles. The summed E-state index contributed by atoms with van der Waals surface area (Å²) in [7, 11) is 0. The summed E-state index contributed by atoms with van der Waals surface area (Å²) < 4.78 is 0. The number of hydrogen-bond acceptors (Lipinski definition) is 2. The van der Waals surface area contributed by atoms with Crippen LogP contribution in [-0.4, -0.2) is 23.5 Å². The maximum Gasteiger partial charge on any atom is 0.0911 e. The summed E-state index contributed by atoms with van der Waals surface area (Å²) >= 11 is 0. The Hall–Kier alpha value is -0.660. The van der Waals surface area contributed by atoms with Gasteiger partial charge in [0.15, 0.2) is 0 Å². The summed E-state index contributed by atoms with van der Waals surface area (Å²) in [6.07, 6.45) is 0. The zero-order valence-electron chi connectivity index (χ0n) is 5.05. The lowest BCUT2D eigenvalue weighted by Crippen LogP contribution is -2.02. The molecule has 0 aromatic rings. The Kier molecular flexibility index (Phi) is 0.539. The Morgan fingerprint density at radius 1 is 1.00 bits per heavy atom. The van der Waals surface area contributed by atoms with Crippen molar-refractivity contribution in [2.75, 3.05) is 0 Å². The number of rotatable bonds is 1. The largest absolute Gasteiger partial charge is 0.276 e. The van der Waals surface area contributed by atoms with Crippen molar-refractivity contribution >= 4 is 11.4 Å². The minimum Gasteiger partial charge on any atom is -0.276 e. The van der Waals surface area contributed by atoms with Crippen LogP contribution in [0.5, 0.6) is 0 Å². The van der Waals surface area contributed by atoms with E-state index in [2.05, 4.69) is 23.8 Å². The van der Waals surface area contributed by atoms with Crippen molar-refractivity contribution in [3.63, 3.8) is 0 Å². The Balaban J connectivity index is 2.03. The first-order valence-corrected chi connectivity index (χ1v) is 2.95. The van der Waals surface area contributed by atoms with Gasteiger partial charge in [0, 0.05) is 0 Å². The molecule has 0 fully saturated rings. The Labute approximate surface area is 48.3 Å². The molecular formula is C6H8N2. The third-order valence-electron chi connectivity index (χ3n) is 1.58. The van der Waals surface area contributed by atoms with Gasteiger partial charge in [-0.1, -0.05) is 0 Å². The smallest absolute Gasteiger partial charge is 0.0911 e. The molecule has 0 amide bonds. The molecule has 2 atom stereocenters. The van der Waals surface area contributed by atoms with Crippen LogP contribution in [0.3, 0.4) is 0 Å². The van der Waals surface area contributed by atoms with E-state index in [1.54, 1.807) is 0 Å². The van der Waals surface area contributed by atoms with Crippen LogP contribution >= 0.6 is 0 Å². The summed E-state index contributed by atoms with van der Waals surface area (Å²) in [6.45, 7) is 4.20. The molecule has 42 valence electrons. The van der Waals surface area contributed by atoms with Crippen LogP contribution in [0.2, 0.25) is 0 Å². The van der Waals surface area contributed by atoms with Crippen molar-refractivity contribution in [2.24, 2.45) is 9.98 Å². The molecule has 0 N–H and O–H groups in total. The fourth-order valence-electron chi connectivity index (χ4n) is 0.903. The van der Waals surface area contributed by atoms with Crippen LogP contribution in [0, 0.1) is 0 Å². The van der Waals surface area contributed by atoms with Crippen molar-refractivity contribution in [3.8, 4) is 0 Å². The third-order valence-corrected chi connectivity index (χ3v) is 1.58. The van der Waals surface area contributed by atoms with E-state index >= 15 is 0 Å². The van der Waals surface area contributed by atoms with Gasteiger partial charge in [-0.05, 0) is 13.8 Å². The fourth-order valence-corrected chi connectivity index (χ4v) is 0.903. The van der Waals surface area contributed by atoms with Gasteiger partial charge in [-0.15, -0.1) is 0 Å². The number of nitrogens with zero attached hydrogens (tertiary/aromatic N) is 2. The Bertz CT molecular complexity index is 169. The SMILES string of the molecule is C[C@@H]1N=C1C1=N[C@H]1C. The zero-order chi connectivity index (χ0) is 5.72. The van der Waals surface area contributed by atoms with Crippen LogP contribution in [0.15, 0.2) is 9.98 Å². The highest BCUT2D eigenvalue weighted by Gasteiger charge is 2.37. The molecule has 0 radical (unpaired) electrons. The first kappa shape index (κ1) is 4.24. The van der Waals surface area contributed by atoms with E-state index in [0.717, 1.165) is 0 Å². The van der Waals surface area contributed by atoms with Crippen LogP contribution in [0.1, 0.15) is 13.8 Å². The fraction of sp³-hybridized carbons (Fsp3) is 0.667. The molecular weight excluding hydrogens is 100 g/mol. The van der Waals surface area contributed by atoms with Gasteiger partial charge < -0.3 is 0 Å². The molecule has 2 rings (SSSR count). The predicted octanol–water partition coefficient (Wildman–Crippen LogP) is 0.673. The van der Waals surface area contributed by atoms with Crippen molar-refractivity contribution in [1.82, 2.24) is 0 Å². The average molecular weight is 108 g/mol. The maximum absolute atomic E-state index is 4.15. The van der Waals surface area contributed by atoms with Crippen molar-refractivity contribution in [3.05, 3.63) is 0 Å². The topological polar surface area (TPSA) is 24.7 Å². The monoisotopic (exact) mass is 108 g/mol. The molecule has 0 saturated carbocycles. The van der Waals surface area contributed by atoms with E-state index < -0.39 is 0 Å². The molecule has 0 saturated heterocycles. The van der Waals surface area contributed by atoms with Gasteiger partial charge in [0.25, 0.3) is 0 Å². The minimum atomic E-state index is 0.499. The summed E-state index contributed by atoms with van der Waals surface area (Å²) in [5.41, 5.74) is 2.50. The lowest BCUT2D eigenvalue weighted by atomic mass is 10.2. The molecule has 8 heavy (non-hydrogen) atoms. The molecule has 2 heterocycles. The van der Waals surface area contributed by atoms with Crippen LogP contribution < -0.4 is 0 Å². The van der Waals surface area contributed by atoms with Gasteiger partial charge >= 0.3 is 0 Å². The van der Waals surface area contributed by atoms with Crippen molar-refractivity contribution < 1.29 is 0 Å². The standard InChI is InChI=1S/C6H8N2/c1-3-5(7-3)6-4(2)8-6/h3-4H,1-2H3/t3-,4-/m0/s1. The van der Waals surface area contributed by atoms with Crippen LogP contribution in [-0.2, 0) is 0 Å². The number of hydrogen-bond donors (Lipinski definition) is 0. The Morgan fingerprint density at radius 2 is 1.25 bits per heavy atom. The van der Waals surface area contributed by atoms with Gasteiger partial charge in [0.1, 0.15) is 0 Å². The lowest BCUT2D eigenvalue weighted by molar-refractivity contribution is 1.14. The van der Waals surface area contributed by atoms with Crippen LogP contribution in [0.4, 0.5) is 0 Å². The third kappa shape index (κ3) is 0.427. The zero-order valence-corrected chi connectivity index (χ0v) is 5.05. The molecule has 2 heteroatoms. The van der Waals surface area contributed by atoms with Gasteiger partial charge in [-0.3, -0.25) is 9.98 Å². The van der Waals surface area contributed by atoms with Gasteiger partial charge in [-0.2, -0.15) is 0 Å². The van der Waals surface area contributed by atoms with E-state index in [1.807, 2.05) is 0 Å². The minimum absolute atomic E-state index is 0.499. The van der Waals surface area contributed by atoms with Crippen LogP contribution in [0.25, 0.3) is 0 Å². The summed E-state index contributed by atoms with van der Waals surface area (Å²) in [6, 6.07) is 0.998. The Morgan fingerprint density at radius 3 is 1.38 bits per heavy atom. The number of aliphatic imine (C=N–C) groups is 2. The molecule has 0 unspecified atom stereocenters. The maximum atomic E-state index is 4.15. The first-order chi connectivity index (χ1) is 3.79. The second-order valence-corrected chi connectivity index (χ2v) is 2.38. The molecule has 0 aromatic heterocycles. The first-order valence-electron chi connectivity index (χ1n) is 2.95. The molecule has 2 aliphatic rings. The van der Waals surface area contributed by atoms with E-state index in [-0.39, 0.29) is 0 Å². The van der Waals surface area contributed by atoms with Gasteiger partial charge in [0.05, 0.1) is 23.5 Å². The van der Waals surface area contributed by atoms with E-state index in [0.29, 0.717) is 12.1 Å². The van der Waals surface area contributed by atoms with Crippen molar-refractivity contribution in [1.29, 1.82) is 0 Å². The van der Waals surface area contributed by atoms with Gasteiger partial charge in [-0.25, -0.2) is 0 Å². The molecule has 0 aliphatic carbocycles. The molecule has 0 aromatic carbocycles. The van der Waals surface area contributed by atoms with Gasteiger partial charge in [0.2, 0.25) is 0 Å². The molecule has 2 nitrogen and oxygen atoms in total. The molecule has 0 spiro atoms. The highest BCUT2D eigenvalue weighted by atomic mass is 15.1.